The highest BCUT2D eigenvalue weighted by molar-refractivity contribution is 6.25. The van der Waals surface area contributed by atoms with Crippen molar-refractivity contribution < 1.29 is 44.0 Å². The lowest BCUT2D eigenvalue weighted by molar-refractivity contribution is -0.345. The number of anilines is 1. The van der Waals surface area contributed by atoms with Gasteiger partial charge in [-0.1, -0.05) is 0 Å². The van der Waals surface area contributed by atoms with E-state index in [-0.39, 0.29) is 0 Å². The normalized spacial score (nSPS) is 14.3. The van der Waals surface area contributed by atoms with E-state index in [1.807, 2.05) is 31.2 Å². The molecule has 1 saturated heterocycles. The zero-order valence-electron chi connectivity index (χ0n) is 17.8. The molecule has 1 aliphatic rings. The van der Waals surface area contributed by atoms with Crippen LogP contribution >= 0.6 is 0 Å². The van der Waals surface area contributed by atoms with Crippen molar-refractivity contribution in [3.8, 4) is 0 Å². The maximum Gasteiger partial charge on any atom is 0.205 e. The minimum atomic E-state index is -2.19. The van der Waals surface area contributed by atoms with Crippen LogP contribution in [-0.4, -0.2) is 57.5 Å². The molecule has 1 unspecified atom stereocenters. The van der Waals surface area contributed by atoms with Crippen LogP contribution in [0.3, 0.4) is 0 Å². The molecule has 0 aliphatic carbocycles. The standard InChI is InChI=1S/C16H19N5O.2C2H2O4/c1-11-4-5-13(22-11)10-21-15-14(3-2-7-18-15)20-16(21)19-12-6-8-17-9-12;2*3-1(4)2(5)6/h2-5,7,12,17H,6,8-10H2,1H3,(H,19,20);2*(H,3,4)(H,5,6)/p-4. The number of carboxylic acid groups (broad SMARTS) is 4. The van der Waals surface area contributed by atoms with Gasteiger partial charge in [0.1, 0.15) is 17.0 Å². The Labute approximate surface area is 191 Å². The Bertz CT molecular complexity index is 1120. The summed E-state index contributed by atoms with van der Waals surface area (Å²) in [5.74, 6) is -6.05. The number of carbonyl (C=O) groups is 4. The van der Waals surface area contributed by atoms with Crippen molar-refractivity contribution in [3.05, 3.63) is 42.0 Å². The van der Waals surface area contributed by atoms with Crippen LogP contribution in [0, 0.1) is 6.92 Å². The number of aryl methyl sites for hydroxylation is 1. The van der Waals surface area contributed by atoms with Gasteiger partial charge in [0.2, 0.25) is 5.95 Å². The van der Waals surface area contributed by atoms with Crippen LogP contribution in [0.15, 0.2) is 34.9 Å². The Kier molecular flexibility index (Phi) is 9.08. The van der Waals surface area contributed by atoms with E-state index in [1.54, 1.807) is 6.20 Å². The van der Waals surface area contributed by atoms with Crippen molar-refractivity contribution in [2.45, 2.75) is 25.9 Å². The summed E-state index contributed by atoms with van der Waals surface area (Å²) in [6.45, 7) is 4.60. The molecule has 0 aromatic carbocycles. The molecule has 14 nitrogen and oxygen atoms in total. The summed E-state index contributed by atoms with van der Waals surface area (Å²) in [4.78, 5) is 44.9. The summed E-state index contributed by atoms with van der Waals surface area (Å²) in [5.41, 5.74) is 1.78. The number of hydrogen-bond donors (Lipinski definition) is 2. The first-order valence-corrected chi connectivity index (χ1v) is 9.77. The number of carbonyl (C=O) groups excluding carboxylic acids is 4. The summed E-state index contributed by atoms with van der Waals surface area (Å²) in [6.07, 6.45) is 2.91. The third-order valence-corrected chi connectivity index (χ3v) is 4.34. The maximum atomic E-state index is 8.93. The van der Waals surface area contributed by atoms with E-state index in [1.165, 1.54) is 0 Å². The number of pyridine rings is 1. The highest BCUT2D eigenvalue weighted by Crippen LogP contribution is 2.21. The number of rotatable bonds is 4. The number of fused-ring (bicyclic) bond motifs is 1. The fraction of sp³-hybridized carbons (Fsp3) is 0.300. The van der Waals surface area contributed by atoms with Crippen molar-refractivity contribution in [3.63, 3.8) is 0 Å². The molecule has 182 valence electrons. The molecular weight excluding hydrogens is 454 g/mol. The fourth-order valence-electron chi connectivity index (χ4n) is 2.90. The lowest BCUT2D eigenvalue weighted by Gasteiger charge is -2.13. The van der Waals surface area contributed by atoms with E-state index < -0.39 is 23.9 Å². The van der Waals surface area contributed by atoms with Crippen LogP contribution in [0.2, 0.25) is 0 Å². The molecule has 14 heteroatoms. The fourth-order valence-corrected chi connectivity index (χ4v) is 2.90. The summed E-state index contributed by atoms with van der Waals surface area (Å²) >= 11 is 0. The van der Waals surface area contributed by atoms with E-state index in [2.05, 4.69) is 20.2 Å². The zero-order valence-corrected chi connectivity index (χ0v) is 17.8. The second-order valence-corrected chi connectivity index (χ2v) is 6.86. The lowest BCUT2D eigenvalue weighted by atomic mass is 10.3. The van der Waals surface area contributed by atoms with Crippen LogP contribution < -0.4 is 31.1 Å². The predicted octanol–water partition coefficient (Wildman–Crippen LogP) is -4.87. The molecule has 1 fully saturated rings. The first-order chi connectivity index (χ1) is 16.1. The second kappa shape index (κ2) is 12.0. The SMILES string of the molecule is Cc1ccc(Cn2c(NC3CCNC3)nc3cccnc32)o1.O=C([O-])C(=O)[O-].O=C([O-])C(=O)[O-]. The molecule has 0 saturated carbocycles. The molecule has 4 rings (SSSR count). The Morgan fingerprint density at radius 2 is 1.74 bits per heavy atom. The molecule has 0 spiro atoms. The van der Waals surface area contributed by atoms with Gasteiger partial charge in [0.05, 0.1) is 30.4 Å². The van der Waals surface area contributed by atoms with E-state index in [0.717, 1.165) is 48.1 Å². The van der Waals surface area contributed by atoms with E-state index >= 15 is 0 Å². The van der Waals surface area contributed by atoms with E-state index in [9.17, 15) is 0 Å². The van der Waals surface area contributed by atoms with Crippen molar-refractivity contribution in [1.29, 1.82) is 0 Å². The number of aromatic nitrogens is 3. The number of imidazole rings is 1. The van der Waals surface area contributed by atoms with Gasteiger partial charge in [0, 0.05) is 18.8 Å². The third-order valence-electron chi connectivity index (χ3n) is 4.34. The van der Waals surface area contributed by atoms with Gasteiger partial charge in [0.25, 0.3) is 0 Å². The van der Waals surface area contributed by atoms with Gasteiger partial charge < -0.3 is 54.7 Å². The Balaban J connectivity index is 0.000000285. The summed E-state index contributed by atoms with van der Waals surface area (Å²) in [6, 6.07) is 8.30. The number of carboxylic acids is 4. The average molecular weight is 473 g/mol. The molecule has 0 bridgehead atoms. The lowest BCUT2D eigenvalue weighted by Crippen LogP contribution is -2.42. The summed E-state index contributed by atoms with van der Waals surface area (Å²) in [5, 5.41) is 42.6. The van der Waals surface area contributed by atoms with Crippen LogP contribution in [0.1, 0.15) is 17.9 Å². The minimum absolute atomic E-state index is 0.411. The Morgan fingerprint density at radius 3 is 2.24 bits per heavy atom. The predicted molar refractivity (Wildman–Crippen MR) is 105 cm³/mol. The highest BCUT2D eigenvalue weighted by Gasteiger charge is 2.19. The number of hydrogen-bond acceptors (Lipinski definition) is 13. The molecule has 34 heavy (non-hydrogen) atoms. The quantitative estimate of drug-likeness (QED) is 0.339. The average Bonchev–Trinajstić information content (AvgIpc) is 3.51. The van der Waals surface area contributed by atoms with Gasteiger partial charge in [-0.3, -0.25) is 4.57 Å². The Morgan fingerprint density at radius 1 is 1.09 bits per heavy atom. The van der Waals surface area contributed by atoms with Crippen molar-refractivity contribution in [2.24, 2.45) is 0 Å². The molecule has 0 amide bonds. The van der Waals surface area contributed by atoms with Gasteiger partial charge in [-0.05, 0) is 44.2 Å². The van der Waals surface area contributed by atoms with Crippen molar-refractivity contribution in [2.75, 3.05) is 18.4 Å². The smallest absolute Gasteiger partial charge is 0.205 e. The zero-order chi connectivity index (χ0) is 25.3. The molecule has 1 atom stereocenters. The molecule has 0 radical (unpaired) electrons. The highest BCUT2D eigenvalue weighted by atomic mass is 16.4. The van der Waals surface area contributed by atoms with Crippen LogP contribution in [0.5, 0.6) is 0 Å². The van der Waals surface area contributed by atoms with Gasteiger partial charge >= 0.3 is 0 Å². The van der Waals surface area contributed by atoms with Gasteiger partial charge in [-0.25, -0.2) is 9.97 Å². The van der Waals surface area contributed by atoms with Crippen LogP contribution in [0.4, 0.5) is 5.95 Å². The number of aliphatic carboxylic acids is 4. The van der Waals surface area contributed by atoms with Crippen LogP contribution in [0.25, 0.3) is 11.2 Å². The molecular formula is C20H19N5O9-4. The number of nitrogens with one attached hydrogen (secondary N) is 2. The van der Waals surface area contributed by atoms with Crippen LogP contribution in [-0.2, 0) is 25.7 Å². The number of furan rings is 1. The Hall–Kier alpha value is -4.46. The molecule has 4 heterocycles. The maximum absolute atomic E-state index is 8.93. The molecule has 3 aromatic heterocycles. The summed E-state index contributed by atoms with van der Waals surface area (Å²) < 4.78 is 7.80. The molecule has 2 N–H and O–H groups in total. The monoisotopic (exact) mass is 473 g/mol. The number of nitrogens with zero attached hydrogens (tertiary/aromatic N) is 3. The summed E-state index contributed by atoms with van der Waals surface area (Å²) in [7, 11) is 0. The minimum Gasteiger partial charge on any atom is -0.543 e. The van der Waals surface area contributed by atoms with E-state index in [0.29, 0.717) is 12.6 Å². The molecule has 1 aliphatic heterocycles. The second-order valence-electron chi connectivity index (χ2n) is 6.86. The van der Waals surface area contributed by atoms with Gasteiger partial charge in [-0.2, -0.15) is 0 Å². The largest absolute Gasteiger partial charge is 0.543 e. The first-order valence-electron chi connectivity index (χ1n) is 9.77. The molecule has 3 aromatic rings. The van der Waals surface area contributed by atoms with E-state index in [4.69, 9.17) is 49.0 Å². The van der Waals surface area contributed by atoms with Crippen molar-refractivity contribution >= 4 is 41.0 Å². The van der Waals surface area contributed by atoms with Gasteiger partial charge in [0.15, 0.2) is 5.65 Å². The van der Waals surface area contributed by atoms with Gasteiger partial charge in [-0.15, -0.1) is 0 Å². The topological polar surface area (TPSA) is 228 Å². The van der Waals surface area contributed by atoms with Crippen molar-refractivity contribution in [1.82, 2.24) is 19.9 Å². The third kappa shape index (κ3) is 7.59. The first kappa shape index (κ1) is 25.8.